The van der Waals surface area contributed by atoms with Gasteiger partial charge in [-0.25, -0.2) is 4.79 Å². The number of carbonyl (C=O) groups excluding carboxylic acids is 2. The molecule has 1 aliphatic rings. The third-order valence-electron chi connectivity index (χ3n) is 6.16. The molecule has 4 heteroatoms. The summed E-state index contributed by atoms with van der Waals surface area (Å²) in [7, 11) is 0. The van der Waals surface area contributed by atoms with Crippen LogP contribution in [0.15, 0.2) is 84.9 Å². The molecule has 0 N–H and O–H groups in total. The van der Waals surface area contributed by atoms with Gasteiger partial charge in [0.15, 0.2) is 12.4 Å². The zero-order valence-corrected chi connectivity index (χ0v) is 17.7. The number of nitrogens with zero attached hydrogens (tertiary/aromatic N) is 1. The van der Waals surface area contributed by atoms with Crippen LogP contribution in [0.5, 0.6) is 0 Å². The van der Waals surface area contributed by atoms with Crippen LogP contribution in [0.2, 0.25) is 0 Å². The van der Waals surface area contributed by atoms with Gasteiger partial charge in [0.25, 0.3) is 0 Å². The van der Waals surface area contributed by atoms with Crippen LogP contribution in [-0.2, 0) is 17.6 Å². The van der Waals surface area contributed by atoms with E-state index in [0.717, 1.165) is 41.4 Å². The lowest BCUT2D eigenvalue weighted by atomic mass is 9.80. The van der Waals surface area contributed by atoms with Crippen molar-refractivity contribution in [3.05, 3.63) is 113 Å². The van der Waals surface area contributed by atoms with Crippen LogP contribution in [0.4, 0.5) is 0 Å². The first kappa shape index (κ1) is 20.1. The van der Waals surface area contributed by atoms with Crippen LogP contribution in [-0.4, -0.2) is 23.3 Å². The van der Waals surface area contributed by atoms with Gasteiger partial charge in [0.1, 0.15) is 0 Å². The molecule has 1 aliphatic carbocycles. The van der Waals surface area contributed by atoms with E-state index < -0.39 is 5.97 Å². The number of carbonyl (C=O) groups is 2. The summed E-state index contributed by atoms with van der Waals surface area (Å²) in [5.74, 6) is -0.352. The number of benzene rings is 3. The fourth-order valence-electron chi connectivity index (χ4n) is 4.54. The Bertz CT molecular complexity index is 1280. The molecule has 1 heterocycles. The highest BCUT2D eigenvalue weighted by molar-refractivity contribution is 6.06. The van der Waals surface area contributed by atoms with Crippen LogP contribution in [0.1, 0.15) is 49.9 Å². The molecule has 0 bridgehead atoms. The van der Waals surface area contributed by atoms with Crippen LogP contribution in [0.25, 0.3) is 10.9 Å². The average Bonchev–Trinajstić information content (AvgIpc) is 2.86. The number of ether oxygens (including phenoxy) is 1. The van der Waals surface area contributed by atoms with E-state index in [1.807, 2.05) is 48.5 Å². The number of aryl methyl sites for hydroxylation is 1. The lowest BCUT2D eigenvalue weighted by Gasteiger charge is -2.26. The first-order valence-corrected chi connectivity index (χ1v) is 10.9. The lowest BCUT2D eigenvalue weighted by Crippen LogP contribution is -2.21. The summed E-state index contributed by atoms with van der Waals surface area (Å²) in [6, 6.07) is 26.9. The van der Waals surface area contributed by atoms with E-state index in [2.05, 4.69) is 12.1 Å². The third-order valence-corrected chi connectivity index (χ3v) is 6.16. The number of ketones is 1. The van der Waals surface area contributed by atoms with Crippen molar-refractivity contribution in [1.29, 1.82) is 0 Å². The van der Waals surface area contributed by atoms with E-state index in [-0.39, 0.29) is 12.4 Å². The van der Waals surface area contributed by atoms with Crippen molar-refractivity contribution < 1.29 is 14.3 Å². The van der Waals surface area contributed by atoms with E-state index in [0.29, 0.717) is 17.0 Å². The highest BCUT2D eigenvalue weighted by Gasteiger charge is 2.28. The number of fused-ring (bicyclic) bond motifs is 2. The summed E-state index contributed by atoms with van der Waals surface area (Å²) >= 11 is 0. The normalized spacial score (nSPS) is 15.2. The SMILES string of the molecule is O=C(COC(=O)c1c2c(nc3ccccc13)CC[C@@H](c1ccccc1)C2)c1ccccc1. The topological polar surface area (TPSA) is 56.3 Å². The summed E-state index contributed by atoms with van der Waals surface area (Å²) in [6.07, 6.45) is 2.53. The average molecular weight is 421 g/mol. The van der Waals surface area contributed by atoms with E-state index >= 15 is 0 Å². The number of hydrogen-bond acceptors (Lipinski definition) is 4. The molecular formula is C28H23NO3. The standard InChI is InChI=1S/C28H23NO3/c30-26(20-11-5-2-6-12-20)18-32-28(31)27-22-13-7-8-14-24(22)29-25-16-15-21(17-23(25)27)19-9-3-1-4-10-19/h1-14,21H,15-18H2/t21-/m1/s1. The Kier molecular flexibility index (Phi) is 5.51. The minimum absolute atomic E-state index is 0.214. The molecule has 4 aromatic rings. The number of hydrogen-bond donors (Lipinski definition) is 0. The molecule has 4 nitrogen and oxygen atoms in total. The van der Waals surface area contributed by atoms with Gasteiger partial charge in [0.2, 0.25) is 0 Å². The maximum absolute atomic E-state index is 13.3. The number of rotatable bonds is 5. The molecule has 0 aliphatic heterocycles. The molecule has 0 spiro atoms. The Labute approximate surface area is 186 Å². The van der Waals surface area contributed by atoms with Gasteiger partial charge >= 0.3 is 5.97 Å². The molecule has 0 amide bonds. The molecule has 1 aromatic heterocycles. The van der Waals surface area contributed by atoms with Gasteiger partial charge in [-0.05, 0) is 42.4 Å². The summed E-state index contributed by atoms with van der Waals surface area (Å²) in [5, 5.41) is 0.775. The van der Waals surface area contributed by atoms with Crippen molar-refractivity contribution in [2.24, 2.45) is 0 Å². The number of esters is 1. The van der Waals surface area contributed by atoms with Gasteiger partial charge in [-0.1, -0.05) is 78.9 Å². The predicted octanol–water partition coefficient (Wildman–Crippen LogP) is 5.55. The Morgan fingerprint density at radius 3 is 2.34 bits per heavy atom. The van der Waals surface area contributed by atoms with Crippen LogP contribution in [0, 0.1) is 0 Å². The molecule has 0 saturated carbocycles. The van der Waals surface area contributed by atoms with Crippen molar-refractivity contribution in [1.82, 2.24) is 4.98 Å². The van der Waals surface area contributed by atoms with Gasteiger partial charge in [-0.2, -0.15) is 0 Å². The second kappa shape index (κ2) is 8.75. The molecule has 0 unspecified atom stereocenters. The molecular weight excluding hydrogens is 398 g/mol. The largest absolute Gasteiger partial charge is 0.454 e. The van der Waals surface area contributed by atoms with Crippen molar-refractivity contribution in [2.75, 3.05) is 6.61 Å². The first-order chi connectivity index (χ1) is 15.7. The Balaban J connectivity index is 1.49. The minimum Gasteiger partial charge on any atom is -0.454 e. The van der Waals surface area contributed by atoms with Gasteiger partial charge in [0.05, 0.1) is 11.1 Å². The molecule has 3 aromatic carbocycles. The molecule has 1 atom stereocenters. The summed E-state index contributed by atoms with van der Waals surface area (Å²) in [4.78, 5) is 30.6. The Morgan fingerprint density at radius 2 is 1.56 bits per heavy atom. The molecule has 0 saturated heterocycles. The van der Waals surface area contributed by atoms with Crippen molar-refractivity contribution >= 4 is 22.7 Å². The second-order valence-corrected chi connectivity index (χ2v) is 8.14. The fourth-order valence-corrected chi connectivity index (χ4v) is 4.54. The molecule has 158 valence electrons. The maximum atomic E-state index is 13.3. The molecule has 0 fully saturated rings. The van der Waals surface area contributed by atoms with Crippen LogP contribution < -0.4 is 0 Å². The quantitative estimate of drug-likeness (QED) is 0.313. The monoisotopic (exact) mass is 421 g/mol. The number of Topliss-reactive ketones (excluding diaryl/α,β-unsaturated/α-hetero) is 1. The Morgan fingerprint density at radius 1 is 0.875 bits per heavy atom. The number of aromatic nitrogens is 1. The van der Waals surface area contributed by atoms with E-state index in [4.69, 9.17) is 9.72 Å². The lowest BCUT2D eigenvalue weighted by molar-refractivity contribution is 0.0475. The third kappa shape index (κ3) is 3.92. The maximum Gasteiger partial charge on any atom is 0.339 e. The summed E-state index contributed by atoms with van der Waals surface area (Å²) in [6.45, 7) is -0.281. The zero-order valence-electron chi connectivity index (χ0n) is 17.7. The van der Waals surface area contributed by atoms with Crippen LogP contribution >= 0.6 is 0 Å². The second-order valence-electron chi connectivity index (χ2n) is 8.14. The van der Waals surface area contributed by atoms with Crippen molar-refractivity contribution in [3.63, 3.8) is 0 Å². The van der Waals surface area contributed by atoms with Crippen LogP contribution in [0.3, 0.4) is 0 Å². The number of para-hydroxylation sites is 1. The zero-order chi connectivity index (χ0) is 21.9. The fraction of sp³-hybridized carbons (Fsp3) is 0.179. The van der Waals surface area contributed by atoms with E-state index in [1.165, 1.54) is 5.56 Å². The summed E-state index contributed by atoms with van der Waals surface area (Å²) < 4.78 is 5.54. The van der Waals surface area contributed by atoms with Gasteiger partial charge < -0.3 is 4.74 Å². The van der Waals surface area contributed by atoms with E-state index in [9.17, 15) is 9.59 Å². The highest BCUT2D eigenvalue weighted by Crippen LogP contribution is 2.36. The van der Waals surface area contributed by atoms with Crippen molar-refractivity contribution in [3.8, 4) is 0 Å². The summed E-state index contributed by atoms with van der Waals surface area (Å²) in [5.41, 5.74) is 5.03. The highest BCUT2D eigenvalue weighted by atomic mass is 16.5. The molecule has 0 radical (unpaired) electrons. The Hall–Kier alpha value is -3.79. The van der Waals surface area contributed by atoms with E-state index in [1.54, 1.807) is 24.3 Å². The predicted molar refractivity (Wildman–Crippen MR) is 124 cm³/mol. The van der Waals surface area contributed by atoms with Gasteiger partial charge in [-0.3, -0.25) is 9.78 Å². The first-order valence-electron chi connectivity index (χ1n) is 10.9. The van der Waals surface area contributed by atoms with Gasteiger partial charge in [0, 0.05) is 16.6 Å². The molecule has 5 rings (SSSR count). The molecule has 32 heavy (non-hydrogen) atoms. The van der Waals surface area contributed by atoms with Crippen molar-refractivity contribution in [2.45, 2.75) is 25.2 Å². The minimum atomic E-state index is -0.460. The number of pyridine rings is 1. The smallest absolute Gasteiger partial charge is 0.339 e. The van der Waals surface area contributed by atoms with Gasteiger partial charge in [-0.15, -0.1) is 0 Å².